The van der Waals surface area contributed by atoms with Crippen LogP contribution in [0.5, 0.6) is 0 Å². The largest absolute Gasteiger partial charge is 0.276 e. The molecule has 0 aliphatic rings. The standard InChI is InChI=1S/C71H49N9Si2/c1-7-27-51(28-8-1)81(52-29-9-2-10-30-52,53-31-11-3-12-32-53)57-47-50(48-58(49-57)82(54-33-13-4-14-34-54,55-35-15-5-16-36-55)56-37-17-6-18-38-56)67-74-68(79-65-45-25-23-43-63(65)77-61-41-21-19-39-59(61)72-70(77)79)76-69(75-67)80-66-46-26-24-44-64(66)78-62-42-22-20-40-60(62)73-71(78)80/h1-49H. The zero-order valence-electron chi connectivity index (χ0n) is 44.3. The minimum absolute atomic E-state index is 0.427. The third-order valence-corrected chi connectivity index (χ3v) is 26.0. The van der Waals surface area contributed by atoms with Gasteiger partial charge in [0.2, 0.25) is 23.5 Å². The van der Waals surface area contributed by atoms with Crippen LogP contribution < -0.4 is 41.5 Å². The van der Waals surface area contributed by atoms with Gasteiger partial charge in [-0.3, -0.25) is 8.80 Å². The van der Waals surface area contributed by atoms with E-state index < -0.39 is 16.1 Å². The topological polar surface area (TPSA) is 83.1 Å². The molecule has 11 heteroatoms. The second-order valence-corrected chi connectivity index (χ2v) is 28.5. The fourth-order valence-corrected chi connectivity index (χ4v) is 22.9. The smallest absolute Gasteiger partial charge is 0.242 e. The van der Waals surface area contributed by atoms with Crippen LogP contribution in [-0.4, -0.2) is 59.0 Å². The normalized spacial score (nSPS) is 12.1. The van der Waals surface area contributed by atoms with E-state index >= 15 is 0 Å². The van der Waals surface area contributed by atoms with E-state index in [1.807, 2.05) is 12.1 Å². The molecule has 0 spiro atoms. The van der Waals surface area contributed by atoms with Crippen molar-refractivity contribution < 1.29 is 0 Å². The van der Waals surface area contributed by atoms with Gasteiger partial charge in [0.25, 0.3) is 0 Å². The van der Waals surface area contributed by atoms with E-state index in [4.69, 9.17) is 24.9 Å². The van der Waals surface area contributed by atoms with Gasteiger partial charge in [-0.05, 0) is 90.0 Å². The number of hydrogen-bond acceptors (Lipinski definition) is 5. The summed E-state index contributed by atoms with van der Waals surface area (Å²) >= 11 is 0. The van der Waals surface area contributed by atoms with Gasteiger partial charge in [-0.15, -0.1) is 0 Å². The highest BCUT2D eigenvalue weighted by Gasteiger charge is 2.46. The average Bonchev–Trinajstić information content (AvgIpc) is 4.37. The summed E-state index contributed by atoms with van der Waals surface area (Å²) in [6.07, 6.45) is 0. The molecule has 82 heavy (non-hydrogen) atoms. The van der Waals surface area contributed by atoms with Crippen molar-refractivity contribution in [2.75, 3.05) is 0 Å². The minimum atomic E-state index is -3.28. The number of hydrogen-bond donors (Lipinski definition) is 0. The lowest BCUT2D eigenvalue weighted by atomic mass is 10.2. The van der Waals surface area contributed by atoms with Crippen LogP contribution in [0.25, 0.3) is 79.0 Å². The van der Waals surface area contributed by atoms with Crippen LogP contribution in [0, 0.1) is 0 Å². The zero-order chi connectivity index (χ0) is 54.2. The maximum Gasteiger partial charge on any atom is 0.242 e. The van der Waals surface area contributed by atoms with E-state index in [-0.39, 0.29) is 0 Å². The summed E-state index contributed by atoms with van der Waals surface area (Å²) in [5.41, 5.74) is 8.40. The number of imidazole rings is 4. The van der Waals surface area contributed by atoms with Crippen LogP contribution in [0.15, 0.2) is 297 Å². The van der Waals surface area contributed by atoms with Crippen molar-refractivity contribution in [2.24, 2.45) is 0 Å². The Labute approximate surface area is 474 Å². The molecule has 0 radical (unpaired) electrons. The first-order valence-electron chi connectivity index (χ1n) is 27.7. The van der Waals surface area contributed by atoms with E-state index in [1.165, 1.54) is 41.5 Å². The van der Waals surface area contributed by atoms with Crippen LogP contribution in [0.2, 0.25) is 0 Å². The molecule has 386 valence electrons. The summed E-state index contributed by atoms with van der Waals surface area (Å²) in [5, 5.41) is 9.98. The highest BCUT2D eigenvalue weighted by molar-refractivity contribution is 7.22. The van der Waals surface area contributed by atoms with Crippen molar-refractivity contribution in [1.29, 1.82) is 0 Å². The summed E-state index contributed by atoms with van der Waals surface area (Å²) in [5.74, 6) is 2.76. The summed E-state index contributed by atoms with van der Waals surface area (Å²) in [7, 11) is -6.56. The number of fused-ring (bicyclic) bond motifs is 10. The average molecular weight is 1080 g/mol. The lowest BCUT2D eigenvalue weighted by molar-refractivity contribution is 0.877. The SMILES string of the molecule is c1ccc([Si](c2ccccc2)(c2ccccc2)c2cc(-c3nc(-n4c5ccccc5n5c6ccccc6nc45)nc(-n4c5ccccc5n5c6ccccc6nc45)n3)cc([Si](c3ccccc3)(c3ccccc3)c3ccccc3)c2)cc1. The van der Waals surface area contributed by atoms with Crippen LogP contribution in [0.3, 0.4) is 0 Å². The Balaban J connectivity index is 1.10. The van der Waals surface area contributed by atoms with Crippen molar-refractivity contribution in [3.05, 3.63) is 297 Å². The van der Waals surface area contributed by atoms with Gasteiger partial charge < -0.3 is 0 Å². The monoisotopic (exact) mass is 1080 g/mol. The summed E-state index contributed by atoms with van der Waals surface area (Å²) in [6.45, 7) is 0. The lowest BCUT2D eigenvalue weighted by Gasteiger charge is -2.38. The van der Waals surface area contributed by atoms with Gasteiger partial charge in [-0.25, -0.2) is 19.1 Å². The quantitative estimate of drug-likeness (QED) is 0.0953. The van der Waals surface area contributed by atoms with Gasteiger partial charge in [0, 0.05) is 5.56 Å². The molecule has 0 fully saturated rings. The van der Waals surface area contributed by atoms with Crippen LogP contribution in [-0.2, 0) is 0 Å². The Morgan fingerprint density at radius 1 is 0.232 bits per heavy atom. The summed E-state index contributed by atoms with van der Waals surface area (Å²) in [6, 6.07) is 108. The number of aromatic nitrogens is 9. The minimum Gasteiger partial charge on any atom is -0.276 e. The summed E-state index contributed by atoms with van der Waals surface area (Å²) < 4.78 is 8.65. The van der Waals surface area contributed by atoms with E-state index in [9.17, 15) is 0 Å². The lowest BCUT2D eigenvalue weighted by Crippen LogP contribution is -2.78. The van der Waals surface area contributed by atoms with Crippen molar-refractivity contribution in [2.45, 2.75) is 0 Å². The third-order valence-electron chi connectivity index (χ3n) is 16.5. The molecule has 0 unspecified atom stereocenters. The predicted octanol–water partition coefficient (Wildman–Crippen LogP) is 9.78. The van der Waals surface area contributed by atoms with Gasteiger partial charge >= 0.3 is 0 Å². The highest BCUT2D eigenvalue weighted by atomic mass is 28.3. The number of para-hydroxylation sites is 8. The van der Waals surface area contributed by atoms with Crippen molar-refractivity contribution in [3.63, 3.8) is 0 Å². The molecule has 0 aliphatic heterocycles. The van der Waals surface area contributed by atoms with Crippen LogP contribution >= 0.6 is 0 Å². The molecule has 0 N–H and O–H groups in total. The fraction of sp³-hybridized carbons (Fsp3) is 0. The van der Waals surface area contributed by atoms with Crippen molar-refractivity contribution >= 4 is 113 Å². The maximum absolute atomic E-state index is 5.79. The Kier molecular flexibility index (Phi) is 11.0. The van der Waals surface area contributed by atoms with E-state index in [0.717, 1.165) is 49.7 Å². The van der Waals surface area contributed by atoms with Gasteiger partial charge in [-0.2, -0.15) is 15.0 Å². The Morgan fingerprint density at radius 3 is 0.841 bits per heavy atom. The van der Waals surface area contributed by atoms with Crippen molar-refractivity contribution in [1.82, 2.24) is 42.9 Å². The van der Waals surface area contributed by atoms with Crippen LogP contribution in [0.1, 0.15) is 0 Å². The third kappa shape index (κ3) is 7.13. The Morgan fingerprint density at radius 2 is 0.512 bits per heavy atom. The molecular weight excluding hydrogens is 1040 g/mol. The molecule has 11 aromatic carbocycles. The molecule has 0 bridgehead atoms. The predicted molar refractivity (Wildman–Crippen MR) is 339 cm³/mol. The molecule has 5 aromatic heterocycles. The molecule has 0 saturated carbocycles. The Hall–Kier alpha value is -10.6. The van der Waals surface area contributed by atoms with Crippen LogP contribution in [0.4, 0.5) is 0 Å². The molecule has 0 atom stereocenters. The van der Waals surface area contributed by atoms with Gasteiger partial charge in [0.05, 0.1) is 44.1 Å². The molecular formula is C71H49N9Si2. The molecule has 0 amide bonds. The fourth-order valence-electron chi connectivity index (χ4n) is 13.1. The second kappa shape index (κ2) is 19.1. The highest BCUT2D eigenvalue weighted by Crippen LogP contribution is 2.32. The first-order valence-corrected chi connectivity index (χ1v) is 31.7. The Bertz CT molecular complexity index is 4540. The van der Waals surface area contributed by atoms with Gasteiger partial charge in [0.1, 0.15) is 0 Å². The molecule has 0 saturated heterocycles. The maximum atomic E-state index is 5.79. The molecule has 9 nitrogen and oxygen atoms in total. The van der Waals surface area contributed by atoms with Crippen molar-refractivity contribution in [3.8, 4) is 23.3 Å². The molecule has 16 rings (SSSR count). The number of rotatable bonds is 11. The first-order chi connectivity index (χ1) is 40.7. The first kappa shape index (κ1) is 47.4. The summed E-state index contributed by atoms with van der Waals surface area (Å²) in [4.78, 5) is 27.9. The molecule has 5 heterocycles. The number of nitrogens with zero attached hydrogens (tertiary/aromatic N) is 9. The van der Waals surface area contributed by atoms with Gasteiger partial charge in [0.15, 0.2) is 22.0 Å². The van der Waals surface area contributed by atoms with E-state index in [0.29, 0.717) is 29.3 Å². The zero-order valence-corrected chi connectivity index (χ0v) is 46.3. The van der Waals surface area contributed by atoms with Gasteiger partial charge in [-0.1, -0.05) is 249 Å². The number of benzene rings is 11. The molecule has 16 aromatic rings. The van der Waals surface area contributed by atoms with E-state index in [1.54, 1.807) is 0 Å². The molecule has 0 aliphatic carbocycles. The van der Waals surface area contributed by atoms with E-state index in [2.05, 4.69) is 303 Å². The second-order valence-electron chi connectivity index (χ2n) is 20.9.